The Labute approximate surface area is 129 Å². The number of hydrogen-bond donors (Lipinski definition) is 1. The number of nitrogens with zero attached hydrogens (tertiary/aromatic N) is 1. The quantitative estimate of drug-likeness (QED) is 0.397. The number of hydrazone groups is 1. The molecule has 4 heteroatoms. The van der Waals surface area contributed by atoms with Gasteiger partial charge in [0.05, 0.1) is 6.42 Å². The summed E-state index contributed by atoms with van der Waals surface area (Å²) in [6.07, 6.45) is 0.272. The number of thiocarbonyl (C=S) groups is 1. The van der Waals surface area contributed by atoms with Crippen molar-refractivity contribution in [1.82, 2.24) is 5.43 Å². The number of benzene rings is 2. The monoisotopic (exact) mass is 296 g/mol. The van der Waals surface area contributed by atoms with E-state index in [1.165, 1.54) is 0 Å². The second-order valence-corrected chi connectivity index (χ2v) is 5.03. The van der Waals surface area contributed by atoms with Crippen LogP contribution >= 0.6 is 12.2 Å². The Morgan fingerprint density at radius 3 is 2.10 bits per heavy atom. The van der Waals surface area contributed by atoms with E-state index >= 15 is 0 Å². The van der Waals surface area contributed by atoms with Crippen molar-refractivity contribution in [2.24, 2.45) is 5.10 Å². The zero-order valence-electron chi connectivity index (χ0n) is 11.7. The largest absolute Gasteiger partial charge is 0.294 e. The molecule has 0 aromatic heterocycles. The van der Waals surface area contributed by atoms with Crippen LogP contribution in [0.5, 0.6) is 0 Å². The lowest BCUT2D eigenvalue weighted by atomic mass is 10.1. The van der Waals surface area contributed by atoms with Crippen LogP contribution in [0, 0.1) is 0 Å². The Balaban J connectivity index is 1.93. The van der Waals surface area contributed by atoms with Gasteiger partial charge in [-0.15, -0.1) is 0 Å². The van der Waals surface area contributed by atoms with Gasteiger partial charge in [0.1, 0.15) is 4.99 Å². The third-order valence-corrected chi connectivity index (χ3v) is 3.22. The zero-order chi connectivity index (χ0) is 15.1. The number of carbonyl (C=O) groups is 1. The lowest BCUT2D eigenvalue weighted by Gasteiger charge is -2.05. The summed E-state index contributed by atoms with van der Waals surface area (Å²) in [5, 5.41) is 4.17. The number of hydrogen-bond acceptors (Lipinski definition) is 3. The molecule has 106 valence electrons. The van der Waals surface area contributed by atoms with Crippen LogP contribution in [-0.4, -0.2) is 16.5 Å². The summed E-state index contributed by atoms with van der Waals surface area (Å²) in [5.74, 6) is 0.0456. The summed E-state index contributed by atoms with van der Waals surface area (Å²) in [7, 11) is 0. The highest BCUT2D eigenvalue weighted by molar-refractivity contribution is 7.80. The molecule has 0 atom stereocenters. The number of rotatable bonds is 5. The number of Topliss-reactive ketones (excluding diaryl/α,β-unsaturated/α-hetero) is 1. The maximum atomic E-state index is 12.0. The topological polar surface area (TPSA) is 41.5 Å². The van der Waals surface area contributed by atoms with Crippen molar-refractivity contribution in [3.8, 4) is 0 Å². The van der Waals surface area contributed by atoms with E-state index in [2.05, 4.69) is 10.5 Å². The fourth-order valence-corrected chi connectivity index (χ4v) is 1.98. The van der Waals surface area contributed by atoms with Crippen molar-refractivity contribution in [2.45, 2.75) is 13.3 Å². The highest BCUT2D eigenvalue weighted by atomic mass is 32.1. The molecule has 0 saturated carbocycles. The minimum Gasteiger partial charge on any atom is -0.294 e. The van der Waals surface area contributed by atoms with Crippen LogP contribution in [0.15, 0.2) is 65.8 Å². The van der Waals surface area contributed by atoms with Gasteiger partial charge in [-0.05, 0) is 6.92 Å². The molecule has 3 nitrogen and oxygen atoms in total. The van der Waals surface area contributed by atoms with Crippen molar-refractivity contribution < 1.29 is 4.79 Å². The third kappa shape index (κ3) is 4.61. The molecule has 0 saturated heterocycles. The van der Waals surface area contributed by atoms with Crippen LogP contribution in [-0.2, 0) is 0 Å². The van der Waals surface area contributed by atoms with E-state index in [-0.39, 0.29) is 12.2 Å². The molecule has 0 aliphatic heterocycles. The molecule has 0 aliphatic carbocycles. The van der Waals surface area contributed by atoms with E-state index in [4.69, 9.17) is 12.2 Å². The molecule has 0 spiro atoms. The molecule has 21 heavy (non-hydrogen) atoms. The van der Waals surface area contributed by atoms with Crippen molar-refractivity contribution in [2.75, 3.05) is 0 Å². The van der Waals surface area contributed by atoms with Gasteiger partial charge in [0.15, 0.2) is 5.78 Å². The molecular weight excluding hydrogens is 280 g/mol. The fourth-order valence-electron chi connectivity index (χ4n) is 1.80. The Kier molecular flexibility index (Phi) is 5.35. The van der Waals surface area contributed by atoms with Crippen molar-refractivity contribution >= 4 is 28.7 Å². The lowest BCUT2D eigenvalue weighted by molar-refractivity contribution is 0.100. The molecule has 0 radical (unpaired) electrons. The van der Waals surface area contributed by atoms with Gasteiger partial charge in [-0.2, -0.15) is 5.10 Å². The van der Waals surface area contributed by atoms with Crippen LogP contribution in [0.1, 0.15) is 29.3 Å². The maximum Gasteiger partial charge on any atom is 0.168 e. The van der Waals surface area contributed by atoms with Gasteiger partial charge in [-0.3, -0.25) is 10.2 Å². The van der Waals surface area contributed by atoms with Crippen LogP contribution in [0.2, 0.25) is 0 Å². The van der Waals surface area contributed by atoms with Gasteiger partial charge < -0.3 is 0 Å². The standard InChI is InChI=1S/C17H16N2OS/c1-13(12-16(20)14-8-4-2-5-9-14)18-19-17(21)15-10-6-3-7-11-15/h2-11H,12H2,1H3,(H,19,21)/b18-13-. The number of ketones is 1. The minimum atomic E-state index is 0.0456. The average Bonchev–Trinajstić information content (AvgIpc) is 2.54. The summed E-state index contributed by atoms with van der Waals surface area (Å²) >= 11 is 5.24. The van der Waals surface area contributed by atoms with Crippen molar-refractivity contribution in [3.05, 3.63) is 71.8 Å². The molecule has 0 heterocycles. The molecule has 0 fully saturated rings. The first-order valence-electron chi connectivity index (χ1n) is 6.63. The van der Waals surface area contributed by atoms with Gasteiger partial charge in [-0.1, -0.05) is 72.9 Å². The highest BCUT2D eigenvalue weighted by Crippen LogP contribution is 2.04. The molecule has 2 rings (SSSR count). The van der Waals surface area contributed by atoms with E-state index in [9.17, 15) is 4.79 Å². The zero-order valence-corrected chi connectivity index (χ0v) is 12.6. The molecule has 0 bridgehead atoms. The number of nitrogens with one attached hydrogen (secondary N) is 1. The predicted molar refractivity (Wildman–Crippen MR) is 89.8 cm³/mol. The Bertz CT molecular complexity index is 651. The minimum absolute atomic E-state index is 0.0456. The first kappa shape index (κ1) is 15.1. The Hall–Kier alpha value is -2.33. The summed E-state index contributed by atoms with van der Waals surface area (Å²) < 4.78 is 0. The molecule has 2 aromatic rings. The third-order valence-electron chi connectivity index (χ3n) is 2.90. The van der Waals surface area contributed by atoms with Crippen LogP contribution in [0.3, 0.4) is 0 Å². The summed E-state index contributed by atoms with van der Waals surface area (Å²) in [5.41, 5.74) is 5.11. The number of carbonyl (C=O) groups excluding carboxylic acids is 1. The highest BCUT2D eigenvalue weighted by Gasteiger charge is 2.07. The van der Waals surface area contributed by atoms with Crippen LogP contribution in [0.25, 0.3) is 0 Å². The van der Waals surface area contributed by atoms with Gasteiger partial charge in [-0.25, -0.2) is 0 Å². The van der Waals surface area contributed by atoms with Crippen molar-refractivity contribution in [3.63, 3.8) is 0 Å². The smallest absolute Gasteiger partial charge is 0.168 e. The molecular formula is C17H16N2OS. The van der Waals surface area contributed by atoms with E-state index < -0.39 is 0 Å². The van der Waals surface area contributed by atoms with E-state index in [1.54, 1.807) is 19.1 Å². The normalized spacial score (nSPS) is 11.0. The molecule has 0 unspecified atom stereocenters. The molecule has 0 aliphatic rings. The van der Waals surface area contributed by atoms with Gasteiger partial charge in [0, 0.05) is 16.8 Å². The van der Waals surface area contributed by atoms with Crippen LogP contribution in [0.4, 0.5) is 0 Å². The second-order valence-electron chi connectivity index (χ2n) is 4.62. The fraction of sp³-hybridized carbons (Fsp3) is 0.118. The molecule has 1 N–H and O–H groups in total. The van der Waals surface area contributed by atoms with Gasteiger partial charge >= 0.3 is 0 Å². The second kappa shape index (κ2) is 7.45. The van der Waals surface area contributed by atoms with Crippen LogP contribution < -0.4 is 5.43 Å². The Morgan fingerprint density at radius 2 is 1.52 bits per heavy atom. The first-order chi connectivity index (χ1) is 10.2. The summed E-state index contributed by atoms with van der Waals surface area (Å²) in [6, 6.07) is 18.8. The summed E-state index contributed by atoms with van der Waals surface area (Å²) in [6.45, 7) is 1.81. The predicted octanol–water partition coefficient (Wildman–Crippen LogP) is 3.60. The van der Waals surface area contributed by atoms with E-state index in [0.717, 1.165) is 5.56 Å². The summed E-state index contributed by atoms with van der Waals surface area (Å²) in [4.78, 5) is 12.6. The first-order valence-corrected chi connectivity index (χ1v) is 7.04. The van der Waals surface area contributed by atoms with Crippen molar-refractivity contribution in [1.29, 1.82) is 0 Å². The average molecular weight is 296 g/mol. The molecule has 2 aromatic carbocycles. The SMILES string of the molecule is C/C(CC(=O)c1ccccc1)=N/NC(=S)c1ccccc1. The lowest BCUT2D eigenvalue weighted by Crippen LogP contribution is -2.18. The maximum absolute atomic E-state index is 12.0. The van der Waals surface area contributed by atoms with E-state index in [0.29, 0.717) is 16.3 Å². The van der Waals surface area contributed by atoms with Gasteiger partial charge in [0.2, 0.25) is 0 Å². The molecule has 0 amide bonds. The van der Waals surface area contributed by atoms with E-state index in [1.807, 2.05) is 48.5 Å². The Morgan fingerprint density at radius 1 is 1.00 bits per heavy atom. The van der Waals surface area contributed by atoms with Gasteiger partial charge in [0.25, 0.3) is 0 Å².